The van der Waals surface area contributed by atoms with Crippen LogP contribution in [0.4, 0.5) is 4.39 Å². The zero-order valence-corrected chi connectivity index (χ0v) is 12.7. The summed E-state index contributed by atoms with van der Waals surface area (Å²) in [7, 11) is 0. The van der Waals surface area contributed by atoms with E-state index in [9.17, 15) is 4.39 Å². The molecular formula is C16H22ClFN2. The first-order chi connectivity index (χ1) is 9.69. The van der Waals surface area contributed by atoms with Gasteiger partial charge in [0, 0.05) is 42.3 Å². The van der Waals surface area contributed by atoms with Gasteiger partial charge in [-0.15, -0.1) is 0 Å². The molecule has 2 unspecified atom stereocenters. The SMILES string of the molecule is CCC1CNC(C2CC2)CN1Cc1c(F)cccc1Cl. The quantitative estimate of drug-likeness (QED) is 0.915. The molecule has 2 aliphatic rings. The molecule has 20 heavy (non-hydrogen) atoms. The first kappa shape index (κ1) is 14.3. The summed E-state index contributed by atoms with van der Waals surface area (Å²) in [5.41, 5.74) is 0.643. The summed E-state index contributed by atoms with van der Waals surface area (Å²) >= 11 is 6.17. The van der Waals surface area contributed by atoms with Crippen molar-refractivity contribution in [3.8, 4) is 0 Å². The van der Waals surface area contributed by atoms with E-state index in [-0.39, 0.29) is 5.82 Å². The van der Waals surface area contributed by atoms with Crippen molar-refractivity contribution in [1.29, 1.82) is 0 Å². The maximum Gasteiger partial charge on any atom is 0.129 e. The van der Waals surface area contributed by atoms with Gasteiger partial charge in [0.25, 0.3) is 0 Å². The average molecular weight is 297 g/mol. The van der Waals surface area contributed by atoms with E-state index in [1.54, 1.807) is 12.1 Å². The summed E-state index contributed by atoms with van der Waals surface area (Å²) in [6, 6.07) is 6.00. The van der Waals surface area contributed by atoms with E-state index in [1.165, 1.54) is 18.9 Å². The molecule has 2 nitrogen and oxygen atoms in total. The third-order valence-electron chi connectivity index (χ3n) is 4.65. The van der Waals surface area contributed by atoms with E-state index in [0.717, 1.165) is 25.4 Å². The Kier molecular flexibility index (Phi) is 4.29. The van der Waals surface area contributed by atoms with E-state index in [0.29, 0.717) is 29.2 Å². The molecule has 1 heterocycles. The van der Waals surface area contributed by atoms with Crippen LogP contribution in [0.3, 0.4) is 0 Å². The van der Waals surface area contributed by atoms with Crippen LogP contribution in [-0.4, -0.2) is 30.1 Å². The van der Waals surface area contributed by atoms with Gasteiger partial charge in [-0.1, -0.05) is 24.6 Å². The lowest BCUT2D eigenvalue weighted by atomic mass is 10.0. The molecular weight excluding hydrogens is 275 g/mol. The summed E-state index contributed by atoms with van der Waals surface area (Å²) in [6.45, 7) is 4.83. The number of rotatable bonds is 4. The van der Waals surface area contributed by atoms with Crippen LogP contribution >= 0.6 is 11.6 Å². The van der Waals surface area contributed by atoms with Crippen molar-refractivity contribution in [3.63, 3.8) is 0 Å². The first-order valence-electron chi connectivity index (χ1n) is 7.59. The van der Waals surface area contributed by atoms with E-state index in [4.69, 9.17) is 11.6 Å². The minimum Gasteiger partial charge on any atom is -0.311 e. The number of nitrogens with zero attached hydrogens (tertiary/aromatic N) is 1. The zero-order chi connectivity index (χ0) is 14.1. The van der Waals surface area contributed by atoms with Crippen LogP contribution in [0.1, 0.15) is 31.7 Å². The van der Waals surface area contributed by atoms with Gasteiger partial charge in [0.15, 0.2) is 0 Å². The number of piperazine rings is 1. The molecule has 2 fully saturated rings. The Morgan fingerprint density at radius 2 is 2.20 bits per heavy atom. The molecule has 110 valence electrons. The molecule has 1 aliphatic carbocycles. The van der Waals surface area contributed by atoms with Gasteiger partial charge >= 0.3 is 0 Å². The first-order valence-corrected chi connectivity index (χ1v) is 7.97. The van der Waals surface area contributed by atoms with E-state index in [2.05, 4.69) is 17.1 Å². The Labute approximate surface area is 125 Å². The van der Waals surface area contributed by atoms with Crippen molar-refractivity contribution in [1.82, 2.24) is 10.2 Å². The second-order valence-corrected chi connectivity index (χ2v) is 6.45. The largest absolute Gasteiger partial charge is 0.311 e. The fourth-order valence-corrected chi connectivity index (χ4v) is 3.40. The summed E-state index contributed by atoms with van der Waals surface area (Å²) in [5.74, 6) is 0.639. The monoisotopic (exact) mass is 296 g/mol. The smallest absolute Gasteiger partial charge is 0.129 e. The Morgan fingerprint density at radius 1 is 1.40 bits per heavy atom. The van der Waals surface area contributed by atoms with Crippen molar-refractivity contribution in [2.24, 2.45) is 5.92 Å². The van der Waals surface area contributed by atoms with Crippen molar-refractivity contribution in [2.75, 3.05) is 13.1 Å². The summed E-state index contributed by atoms with van der Waals surface area (Å²) in [4.78, 5) is 2.41. The minimum absolute atomic E-state index is 0.186. The molecule has 0 spiro atoms. The van der Waals surface area contributed by atoms with Gasteiger partial charge < -0.3 is 5.32 Å². The molecule has 1 aliphatic heterocycles. The molecule has 0 bridgehead atoms. The van der Waals surface area contributed by atoms with E-state index in [1.807, 2.05) is 0 Å². The third kappa shape index (κ3) is 3.00. The highest BCUT2D eigenvalue weighted by atomic mass is 35.5. The Bertz CT molecular complexity index is 455. The third-order valence-corrected chi connectivity index (χ3v) is 5.00. The molecule has 2 atom stereocenters. The summed E-state index contributed by atoms with van der Waals surface area (Å²) in [6.07, 6.45) is 3.75. The summed E-state index contributed by atoms with van der Waals surface area (Å²) in [5, 5.41) is 4.20. The fourth-order valence-electron chi connectivity index (χ4n) is 3.18. The molecule has 3 rings (SSSR count). The Balaban J connectivity index is 1.75. The second-order valence-electron chi connectivity index (χ2n) is 6.04. The highest BCUT2D eigenvalue weighted by molar-refractivity contribution is 6.31. The number of hydrogen-bond donors (Lipinski definition) is 1. The van der Waals surface area contributed by atoms with Crippen LogP contribution < -0.4 is 5.32 Å². The van der Waals surface area contributed by atoms with Crippen molar-refractivity contribution in [3.05, 3.63) is 34.6 Å². The zero-order valence-electron chi connectivity index (χ0n) is 11.9. The average Bonchev–Trinajstić information content (AvgIpc) is 3.27. The van der Waals surface area contributed by atoms with Crippen LogP contribution in [0.25, 0.3) is 0 Å². The van der Waals surface area contributed by atoms with Crippen LogP contribution in [0, 0.1) is 11.7 Å². The van der Waals surface area contributed by atoms with Crippen molar-refractivity contribution < 1.29 is 4.39 Å². The van der Waals surface area contributed by atoms with Gasteiger partial charge in [0.2, 0.25) is 0 Å². The number of benzene rings is 1. The molecule has 0 aromatic heterocycles. The number of hydrogen-bond acceptors (Lipinski definition) is 2. The molecule has 4 heteroatoms. The number of halogens is 2. The Hall–Kier alpha value is -0.640. The molecule has 0 amide bonds. The van der Waals surface area contributed by atoms with Gasteiger partial charge in [-0.05, 0) is 37.3 Å². The van der Waals surface area contributed by atoms with Crippen LogP contribution in [0.15, 0.2) is 18.2 Å². The lowest BCUT2D eigenvalue weighted by molar-refractivity contribution is 0.110. The maximum absolute atomic E-state index is 14.0. The highest BCUT2D eigenvalue weighted by Crippen LogP contribution is 2.35. The van der Waals surface area contributed by atoms with Crippen molar-refractivity contribution >= 4 is 11.6 Å². The van der Waals surface area contributed by atoms with Gasteiger partial charge in [0.05, 0.1) is 0 Å². The molecule has 1 saturated carbocycles. The normalized spacial score (nSPS) is 27.8. The molecule has 1 saturated heterocycles. The minimum atomic E-state index is -0.186. The highest BCUT2D eigenvalue weighted by Gasteiger charge is 2.36. The summed E-state index contributed by atoms with van der Waals surface area (Å²) < 4.78 is 14.0. The lowest BCUT2D eigenvalue weighted by Gasteiger charge is -2.40. The van der Waals surface area contributed by atoms with Crippen LogP contribution in [0.2, 0.25) is 5.02 Å². The number of nitrogens with one attached hydrogen (secondary N) is 1. The molecule has 1 N–H and O–H groups in total. The van der Waals surface area contributed by atoms with Gasteiger partial charge in [-0.25, -0.2) is 4.39 Å². The van der Waals surface area contributed by atoms with E-state index >= 15 is 0 Å². The predicted molar refractivity (Wildman–Crippen MR) is 80.4 cm³/mol. The molecule has 1 aromatic carbocycles. The van der Waals surface area contributed by atoms with Crippen molar-refractivity contribution in [2.45, 2.75) is 44.8 Å². The van der Waals surface area contributed by atoms with E-state index < -0.39 is 0 Å². The fraction of sp³-hybridized carbons (Fsp3) is 0.625. The molecule has 1 aromatic rings. The standard InChI is InChI=1S/C16H22ClFN2/c1-2-12-8-19-16(11-6-7-11)10-20(12)9-13-14(17)4-3-5-15(13)18/h3-5,11-12,16,19H,2,6-10H2,1H3. The topological polar surface area (TPSA) is 15.3 Å². The molecule has 0 radical (unpaired) electrons. The Morgan fingerprint density at radius 3 is 2.85 bits per heavy atom. The van der Waals surface area contributed by atoms with Gasteiger partial charge in [-0.3, -0.25) is 4.90 Å². The predicted octanol–water partition coefficient (Wildman–Crippen LogP) is 3.44. The van der Waals surface area contributed by atoms with Gasteiger partial charge in [-0.2, -0.15) is 0 Å². The lowest BCUT2D eigenvalue weighted by Crippen LogP contribution is -2.56. The van der Waals surface area contributed by atoms with Gasteiger partial charge in [0.1, 0.15) is 5.82 Å². The second kappa shape index (κ2) is 6.00. The maximum atomic E-state index is 14.0. The van der Waals surface area contributed by atoms with Crippen LogP contribution in [0.5, 0.6) is 0 Å². The van der Waals surface area contributed by atoms with Crippen LogP contribution in [-0.2, 0) is 6.54 Å².